The highest BCUT2D eigenvalue weighted by Gasteiger charge is 2.39. The molecule has 0 saturated heterocycles. The van der Waals surface area contributed by atoms with Crippen LogP contribution in [-0.4, -0.2) is 63.7 Å². The standard InChI is InChI=1S/C25H46O6Si3/c1-22(26)23-13-11-14-24(21-23)25(27)15-9-10-19-32(3,4)30-34(7,8)31-33(5,6)20-12-16-29-18-17-28-2/h11,13-14,21H,9-10,12,15-20H2,1-8H3. The van der Waals surface area contributed by atoms with Gasteiger partial charge < -0.3 is 17.7 Å². The summed E-state index contributed by atoms with van der Waals surface area (Å²) in [5, 5.41) is 0. The Morgan fingerprint density at radius 1 is 0.794 bits per heavy atom. The van der Waals surface area contributed by atoms with Gasteiger partial charge >= 0.3 is 8.56 Å². The van der Waals surface area contributed by atoms with Crippen molar-refractivity contribution >= 4 is 36.8 Å². The van der Waals surface area contributed by atoms with Crippen molar-refractivity contribution in [2.24, 2.45) is 0 Å². The molecule has 0 unspecified atom stereocenters. The zero-order valence-electron chi connectivity index (χ0n) is 22.6. The Kier molecular flexibility index (Phi) is 13.3. The minimum Gasteiger partial charge on any atom is -0.437 e. The number of hydrogen-bond donors (Lipinski definition) is 0. The molecule has 0 amide bonds. The average Bonchev–Trinajstić information content (AvgIpc) is 2.72. The average molecular weight is 527 g/mol. The Labute approximate surface area is 210 Å². The minimum atomic E-state index is -2.24. The normalized spacial score (nSPS) is 12.7. The van der Waals surface area contributed by atoms with Crippen LogP contribution in [0.4, 0.5) is 0 Å². The van der Waals surface area contributed by atoms with Crippen molar-refractivity contribution < 1.29 is 27.3 Å². The van der Waals surface area contributed by atoms with Gasteiger partial charge in [-0.2, -0.15) is 0 Å². The van der Waals surface area contributed by atoms with Crippen molar-refractivity contribution in [3.63, 3.8) is 0 Å². The summed E-state index contributed by atoms with van der Waals surface area (Å²) in [5.74, 6) is 0.0793. The van der Waals surface area contributed by atoms with E-state index in [2.05, 4.69) is 39.3 Å². The first kappa shape index (κ1) is 31.1. The maximum absolute atomic E-state index is 12.5. The monoisotopic (exact) mass is 526 g/mol. The highest BCUT2D eigenvalue weighted by Crippen LogP contribution is 2.26. The first-order valence-corrected chi connectivity index (χ1v) is 21.4. The lowest BCUT2D eigenvalue weighted by atomic mass is 10.0. The number of Topliss-reactive ketones (excluding diaryl/α,β-unsaturated/α-hetero) is 2. The van der Waals surface area contributed by atoms with Gasteiger partial charge in [0.2, 0.25) is 0 Å². The second-order valence-electron chi connectivity index (χ2n) is 10.6. The Morgan fingerprint density at radius 2 is 1.38 bits per heavy atom. The SMILES string of the molecule is COCCOCCC[Si](C)(C)O[Si](C)(C)O[Si](C)(C)CCCCC(=O)c1cccc(C(C)=O)c1. The smallest absolute Gasteiger partial charge is 0.311 e. The van der Waals surface area contributed by atoms with Gasteiger partial charge in [0.25, 0.3) is 0 Å². The zero-order chi connectivity index (χ0) is 25.8. The maximum atomic E-state index is 12.5. The highest BCUT2D eigenvalue weighted by molar-refractivity contribution is 6.87. The second-order valence-corrected chi connectivity index (χ2v) is 23.1. The molecule has 0 aliphatic rings. The molecule has 6 nitrogen and oxygen atoms in total. The molecular weight excluding hydrogens is 481 g/mol. The van der Waals surface area contributed by atoms with Gasteiger partial charge in [0.05, 0.1) is 13.2 Å². The summed E-state index contributed by atoms with van der Waals surface area (Å²) < 4.78 is 23.9. The molecule has 0 spiro atoms. The van der Waals surface area contributed by atoms with E-state index in [0.29, 0.717) is 30.8 Å². The predicted molar refractivity (Wildman–Crippen MR) is 146 cm³/mol. The van der Waals surface area contributed by atoms with Gasteiger partial charge in [-0.3, -0.25) is 9.59 Å². The third-order valence-electron chi connectivity index (χ3n) is 5.57. The van der Waals surface area contributed by atoms with Gasteiger partial charge in [0.1, 0.15) is 0 Å². The van der Waals surface area contributed by atoms with E-state index in [1.165, 1.54) is 6.92 Å². The van der Waals surface area contributed by atoms with E-state index >= 15 is 0 Å². The van der Waals surface area contributed by atoms with Crippen LogP contribution in [-0.2, 0) is 17.7 Å². The van der Waals surface area contributed by atoms with Crippen LogP contribution < -0.4 is 0 Å². The van der Waals surface area contributed by atoms with E-state index in [-0.39, 0.29) is 11.6 Å². The lowest BCUT2D eigenvalue weighted by Gasteiger charge is -2.38. The fourth-order valence-electron chi connectivity index (χ4n) is 4.19. The third kappa shape index (κ3) is 13.2. The molecule has 1 rings (SSSR count). The second kappa shape index (κ2) is 14.6. The molecular formula is C25H46O6Si3. The molecule has 0 fully saturated rings. The Balaban J connectivity index is 2.43. The summed E-state index contributed by atoms with van der Waals surface area (Å²) in [7, 11) is -4.30. The van der Waals surface area contributed by atoms with E-state index < -0.39 is 25.2 Å². The Hall–Kier alpha value is -0.949. The van der Waals surface area contributed by atoms with Crippen LogP contribution in [0.3, 0.4) is 0 Å². The molecule has 1 aromatic carbocycles. The minimum absolute atomic E-state index is 0.0183. The van der Waals surface area contributed by atoms with Crippen LogP contribution in [0.15, 0.2) is 24.3 Å². The van der Waals surface area contributed by atoms with E-state index in [4.69, 9.17) is 17.7 Å². The topological polar surface area (TPSA) is 71.1 Å². The van der Waals surface area contributed by atoms with Crippen LogP contribution in [0, 0.1) is 0 Å². The van der Waals surface area contributed by atoms with Crippen LogP contribution in [0.2, 0.25) is 51.4 Å². The molecule has 0 saturated carbocycles. The van der Waals surface area contributed by atoms with Crippen molar-refractivity contribution in [2.45, 2.75) is 84.0 Å². The van der Waals surface area contributed by atoms with Gasteiger partial charge in [-0.15, -0.1) is 0 Å². The van der Waals surface area contributed by atoms with Crippen LogP contribution in [0.5, 0.6) is 0 Å². The number of benzene rings is 1. The largest absolute Gasteiger partial charge is 0.437 e. The highest BCUT2D eigenvalue weighted by atomic mass is 28.5. The molecule has 0 bridgehead atoms. The summed E-state index contributed by atoms with van der Waals surface area (Å²) in [6.07, 6.45) is 3.28. The molecule has 194 valence electrons. The van der Waals surface area contributed by atoms with E-state index in [1.807, 2.05) is 0 Å². The van der Waals surface area contributed by atoms with Crippen molar-refractivity contribution in [2.75, 3.05) is 26.9 Å². The van der Waals surface area contributed by atoms with E-state index in [1.54, 1.807) is 31.4 Å². The maximum Gasteiger partial charge on any atom is 0.311 e. The zero-order valence-corrected chi connectivity index (χ0v) is 25.6. The summed E-state index contributed by atoms with van der Waals surface area (Å²) in [5.41, 5.74) is 1.21. The molecule has 0 heterocycles. The van der Waals surface area contributed by atoms with Crippen molar-refractivity contribution in [3.05, 3.63) is 35.4 Å². The van der Waals surface area contributed by atoms with Crippen molar-refractivity contribution in [1.29, 1.82) is 0 Å². The van der Waals surface area contributed by atoms with Crippen molar-refractivity contribution in [1.82, 2.24) is 0 Å². The fourth-order valence-corrected chi connectivity index (χ4v) is 18.3. The molecule has 0 aromatic heterocycles. The molecule has 0 aliphatic heterocycles. The number of ketones is 2. The summed E-state index contributed by atoms with van der Waals surface area (Å²) in [6.45, 7) is 16.9. The number of hydrogen-bond acceptors (Lipinski definition) is 6. The van der Waals surface area contributed by atoms with E-state index in [9.17, 15) is 9.59 Å². The number of methoxy groups -OCH3 is 1. The lowest BCUT2D eigenvalue weighted by Crippen LogP contribution is -2.52. The summed E-state index contributed by atoms with van der Waals surface area (Å²) in [4.78, 5) is 24.1. The van der Waals surface area contributed by atoms with Gasteiger partial charge in [-0.25, -0.2) is 0 Å². The quantitative estimate of drug-likeness (QED) is 0.124. The molecule has 34 heavy (non-hydrogen) atoms. The Morgan fingerprint density at radius 3 is 1.97 bits per heavy atom. The number of carbonyl (C=O) groups is 2. The molecule has 0 atom stereocenters. The van der Waals surface area contributed by atoms with Gasteiger partial charge in [0, 0.05) is 31.3 Å². The first-order valence-electron chi connectivity index (χ1n) is 12.4. The van der Waals surface area contributed by atoms with Gasteiger partial charge in [-0.1, -0.05) is 24.6 Å². The summed E-state index contributed by atoms with van der Waals surface area (Å²) >= 11 is 0. The molecule has 0 N–H and O–H groups in total. The van der Waals surface area contributed by atoms with Crippen LogP contribution in [0.25, 0.3) is 0 Å². The number of carbonyl (C=O) groups excluding carboxylic acids is 2. The first-order chi connectivity index (χ1) is 15.8. The van der Waals surface area contributed by atoms with Gasteiger partial charge in [0.15, 0.2) is 28.2 Å². The molecule has 1 aromatic rings. The molecule has 9 heteroatoms. The summed E-state index contributed by atoms with van der Waals surface area (Å²) in [6, 6.07) is 9.07. The number of unbranched alkanes of at least 4 members (excludes halogenated alkanes) is 1. The predicted octanol–water partition coefficient (Wildman–Crippen LogP) is 6.44. The fraction of sp³-hybridized carbons (Fsp3) is 0.680. The van der Waals surface area contributed by atoms with E-state index in [0.717, 1.165) is 38.0 Å². The van der Waals surface area contributed by atoms with Crippen molar-refractivity contribution in [3.8, 4) is 0 Å². The molecule has 0 radical (unpaired) electrons. The number of rotatable bonds is 18. The number of ether oxygens (including phenoxy) is 2. The van der Waals surface area contributed by atoms with Crippen LogP contribution in [0.1, 0.15) is 53.3 Å². The Bertz CT molecular complexity index is 780. The lowest BCUT2D eigenvalue weighted by molar-refractivity contribution is 0.0707. The van der Waals surface area contributed by atoms with Crippen LogP contribution >= 0.6 is 0 Å². The molecule has 0 aliphatic carbocycles. The van der Waals surface area contributed by atoms with Gasteiger partial charge in [-0.05, 0) is 77.2 Å². The third-order valence-corrected chi connectivity index (χ3v) is 17.0.